The Morgan fingerprint density at radius 3 is 2.65 bits per heavy atom. The number of nitrogens with zero attached hydrogens (tertiary/aromatic N) is 3. The summed E-state index contributed by atoms with van der Waals surface area (Å²) in [5, 5.41) is 3.85. The standard InChI is InChI=1S/C21H38N4O/c1-2-22-21(23-20-14-19(20)18-6-4-3-5-7-18)25-9-8-17(16-25)15-24-10-12-26-13-11-24/h17-20H,2-16H2,1H3,(H,22,23). The fourth-order valence-corrected chi connectivity index (χ4v) is 5.34. The summed E-state index contributed by atoms with van der Waals surface area (Å²) in [6, 6.07) is 0.696. The number of hydrogen-bond donors (Lipinski definition) is 1. The van der Waals surface area contributed by atoms with Crippen molar-refractivity contribution in [2.24, 2.45) is 22.7 Å². The molecule has 0 bridgehead atoms. The highest BCUT2D eigenvalue weighted by Gasteiger charge is 2.44. The molecular weight excluding hydrogens is 324 g/mol. The molecule has 1 N–H and O–H groups in total. The first-order valence-corrected chi connectivity index (χ1v) is 11.2. The molecule has 3 unspecified atom stereocenters. The molecule has 2 aliphatic carbocycles. The minimum atomic E-state index is 0.696. The highest BCUT2D eigenvalue weighted by molar-refractivity contribution is 5.81. The lowest BCUT2D eigenvalue weighted by Crippen LogP contribution is -2.43. The first kappa shape index (κ1) is 18.5. The molecule has 5 nitrogen and oxygen atoms in total. The third kappa shape index (κ3) is 4.72. The second-order valence-corrected chi connectivity index (χ2v) is 8.86. The van der Waals surface area contributed by atoms with Gasteiger partial charge in [0.1, 0.15) is 0 Å². The molecule has 2 saturated heterocycles. The molecule has 0 amide bonds. The van der Waals surface area contributed by atoms with Crippen LogP contribution in [0.15, 0.2) is 4.99 Å². The smallest absolute Gasteiger partial charge is 0.194 e. The van der Waals surface area contributed by atoms with Crippen molar-refractivity contribution >= 4 is 5.96 Å². The van der Waals surface area contributed by atoms with Gasteiger partial charge in [-0.15, -0.1) is 0 Å². The Balaban J connectivity index is 1.25. The molecule has 0 aromatic rings. The molecular formula is C21H38N4O. The fraction of sp³-hybridized carbons (Fsp3) is 0.952. The van der Waals surface area contributed by atoms with E-state index in [9.17, 15) is 0 Å². The van der Waals surface area contributed by atoms with Crippen LogP contribution in [-0.2, 0) is 4.74 Å². The molecule has 0 radical (unpaired) electrons. The number of likely N-dealkylation sites (tertiary alicyclic amines) is 1. The molecule has 26 heavy (non-hydrogen) atoms. The van der Waals surface area contributed by atoms with Gasteiger partial charge in [-0.05, 0) is 37.5 Å². The number of hydrogen-bond acceptors (Lipinski definition) is 3. The topological polar surface area (TPSA) is 40.1 Å². The van der Waals surface area contributed by atoms with E-state index < -0.39 is 0 Å². The zero-order chi connectivity index (χ0) is 17.8. The van der Waals surface area contributed by atoms with Crippen molar-refractivity contribution in [1.82, 2.24) is 15.1 Å². The highest BCUT2D eigenvalue weighted by atomic mass is 16.5. The van der Waals surface area contributed by atoms with Gasteiger partial charge in [-0.1, -0.05) is 32.1 Å². The maximum absolute atomic E-state index is 5.48. The summed E-state index contributed by atoms with van der Waals surface area (Å²) in [7, 11) is 0. The van der Waals surface area contributed by atoms with E-state index in [-0.39, 0.29) is 0 Å². The zero-order valence-electron chi connectivity index (χ0n) is 16.7. The lowest BCUT2D eigenvalue weighted by atomic mass is 9.85. The number of nitrogens with one attached hydrogen (secondary N) is 1. The molecule has 2 heterocycles. The van der Waals surface area contributed by atoms with E-state index in [1.54, 1.807) is 0 Å². The number of morpholine rings is 1. The second kappa shape index (κ2) is 8.92. The molecule has 148 valence electrons. The normalized spacial score (nSPS) is 34.3. The molecule has 2 aliphatic heterocycles. The predicted octanol–water partition coefficient (Wildman–Crippen LogP) is 2.57. The predicted molar refractivity (Wildman–Crippen MR) is 107 cm³/mol. The van der Waals surface area contributed by atoms with Gasteiger partial charge in [-0.25, -0.2) is 0 Å². The van der Waals surface area contributed by atoms with Crippen molar-refractivity contribution in [3.63, 3.8) is 0 Å². The Hall–Kier alpha value is -0.810. The first-order chi connectivity index (χ1) is 12.8. The second-order valence-electron chi connectivity index (χ2n) is 8.86. The Labute approximate surface area is 159 Å². The van der Waals surface area contributed by atoms with Crippen LogP contribution in [0.2, 0.25) is 0 Å². The zero-order valence-corrected chi connectivity index (χ0v) is 16.7. The summed E-state index contributed by atoms with van der Waals surface area (Å²) in [6.45, 7) is 10.6. The van der Waals surface area contributed by atoms with E-state index in [1.807, 2.05) is 0 Å². The number of rotatable bonds is 5. The minimum absolute atomic E-state index is 0.696. The lowest BCUT2D eigenvalue weighted by molar-refractivity contribution is 0.0315. The van der Waals surface area contributed by atoms with E-state index in [2.05, 4.69) is 22.0 Å². The lowest BCUT2D eigenvalue weighted by Gasteiger charge is -2.29. The molecule has 0 spiro atoms. The van der Waals surface area contributed by atoms with Gasteiger partial charge < -0.3 is 15.0 Å². The Morgan fingerprint density at radius 2 is 1.88 bits per heavy atom. The number of ether oxygens (including phenoxy) is 1. The third-order valence-electron chi connectivity index (χ3n) is 6.92. The van der Waals surface area contributed by atoms with Crippen molar-refractivity contribution in [2.75, 3.05) is 52.5 Å². The quantitative estimate of drug-likeness (QED) is 0.603. The SMILES string of the molecule is CCN=C(NC1CC1C1CCCCC1)N1CCC(CN2CCOCC2)C1. The van der Waals surface area contributed by atoms with Gasteiger partial charge in [-0.3, -0.25) is 9.89 Å². The molecule has 5 heteroatoms. The summed E-state index contributed by atoms with van der Waals surface area (Å²) in [4.78, 5) is 9.96. The van der Waals surface area contributed by atoms with Gasteiger partial charge in [-0.2, -0.15) is 0 Å². The van der Waals surface area contributed by atoms with Crippen LogP contribution < -0.4 is 5.32 Å². The van der Waals surface area contributed by atoms with Crippen LogP contribution in [0.4, 0.5) is 0 Å². The molecule has 0 aromatic carbocycles. The summed E-state index contributed by atoms with van der Waals surface area (Å²) in [5.74, 6) is 3.88. The van der Waals surface area contributed by atoms with Crippen molar-refractivity contribution in [2.45, 2.75) is 57.9 Å². The van der Waals surface area contributed by atoms with E-state index >= 15 is 0 Å². The van der Waals surface area contributed by atoms with Gasteiger partial charge in [0.2, 0.25) is 0 Å². The number of guanidine groups is 1. The van der Waals surface area contributed by atoms with Gasteiger partial charge in [0.25, 0.3) is 0 Å². The van der Waals surface area contributed by atoms with Crippen LogP contribution in [0.1, 0.15) is 51.9 Å². The summed E-state index contributed by atoms with van der Waals surface area (Å²) in [6.07, 6.45) is 9.99. The summed E-state index contributed by atoms with van der Waals surface area (Å²) < 4.78 is 5.48. The Kier molecular flexibility index (Phi) is 6.36. The number of aliphatic imine (C=N–C) groups is 1. The fourth-order valence-electron chi connectivity index (χ4n) is 5.34. The van der Waals surface area contributed by atoms with Crippen LogP contribution in [0, 0.1) is 17.8 Å². The van der Waals surface area contributed by atoms with Gasteiger partial charge in [0.05, 0.1) is 13.2 Å². The maximum atomic E-state index is 5.48. The third-order valence-corrected chi connectivity index (χ3v) is 6.92. The van der Waals surface area contributed by atoms with Crippen LogP contribution >= 0.6 is 0 Å². The molecule has 0 aromatic heterocycles. The summed E-state index contributed by atoms with van der Waals surface area (Å²) >= 11 is 0. The maximum Gasteiger partial charge on any atom is 0.194 e. The molecule has 4 aliphatic rings. The van der Waals surface area contributed by atoms with Gasteiger partial charge in [0.15, 0.2) is 5.96 Å². The molecule has 2 saturated carbocycles. The van der Waals surface area contributed by atoms with Crippen molar-refractivity contribution < 1.29 is 4.74 Å². The van der Waals surface area contributed by atoms with Crippen molar-refractivity contribution in [1.29, 1.82) is 0 Å². The monoisotopic (exact) mass is 362 g/mol. The van der Waals surface area contributed by atoms with Gasteiger partial charge >= 0.3 is 0 Å². The molecule has 4 fully saturated rings. The average Bonchev–Trinajstić information content (AvgIpc) is 3.30. The molecule has 4 rings (SSSR count). The summed E-state index contributed by atoms with van der Waals surface area (Å²) in [5.41, 5.74) is 0. The van der Waals surface area contributed by atoms with E-state index in [0.717, 1.165) is 50.6 Å². The van der Waals surface area contributed by atoms with E-state index in [4.69, 9.17) is 9.73 Å². The van der Waals surface area contributed by atoms with Crippen molar-refractivity contribution in [3.8, 4) is 0 Å². The largest absolute Gasteiger partial charge is 0.379 e. The minimum Gasteiger partial charge on any atom is -0.379 e. The van der Waals surface area contributed by atoms with Crippen molar-refractivity contribution in [3.05, 3.63) is 0 Å². The highest BCUT2D eigenvalue weighted by Crippen LogP contribution is 2.44. The van der Waals surface area contributed by atoms with Crippen LogP contribution in [-0.4, -0.2) is 74.3 Å². The van der Waals surface area contributed by atoms with Gasteiger partial charge in [0, 0.05) is 45.3 Å². The van der Waals surface area contributed by atoms with E-state index in [1.165, 1.54) is 70.5 Å². The average molecular weight is 363 g/mol. The Bertz CT molecular complexity index is 471. The Morgan fingerprint density at radius 1 is 1.08 bits per heavy atom. The van der Waals surface area contributed by atoms with Crippen LogP contribution in [0.25, 0.3) is 0 Å². The molecule has 3 atom stereocenters. The van der Waals surface area contributed by atoms with Crippen LogP contribution in [0.5, 0.6) is 0 Å². The first-order valence-electron chi connectivity index (χ1n) is 11.2. The van der Waals surface area contributed by atoms with E-state index in [0.29, 0.717) is 6.04 Å². The van der Waals surface area contributed by atoms with Crippen LogP contribution in [0.3, 0.4) is 0 Å².